The first kappa shape index (κ1) is 37.4. The van der Waals surface area contributed by atoms with Crippen molar-refractivity contribution >= 4 is 56.1 Å². The SMILES string of the molecule is CC(C)(C)C=CC(=O)CCC(NC(=O)OC(C)(C)C)C(=O)N1CCN(Cc2cc3nc(-c4cccc5[nH]ncc45)nc(N4CCOCC4)c3s2)CC1. The number of aromatic amines is 1. The molecule has 0 bridgehead atoms. The van der Waals surface area contributed by atoms with Gasteiger partial charge in [-0.3, -0.25) is 19.6 Å². The molecule has 2 fully saturated rings. The highest BCUT2D eigenvalue weighted by molar-refractivity contribution is 7.19. The zero-order valence-corrected chi connectivity index (χ0v) is 31.8. The van der Waals surface area contributed by atoms with Gasteiger partial charge in [-0.15, -0.1) is 11.3 Å². The number of rotatable bonds is 10. The Morgan fingerprint density at radius 2 is 1.79 bits per heavy atom. The molecule has 2 aliphatic rings. The van der Waals surface area contributed by atoms with Crippen molar-refractivity contribution in [3.63, 3.8) is 0 Å². The number of nitrogens with zero attached hydrogens (tertiary/aromatic N) is 6. The van der Waals surface area contributed by atoms with Crippen molar-refractivity contribution in [2.24, 2.45) is 5.41 Å². The molecule has 0 spiro atoms. The summed E-state index contributed by atoms with van der Waals surface area (Å²) in [6, 6.07) is 7.31. The van der Waals surface area contributed by atoms with Gasteiger partial charge in [-0.1, -0.05) is 39.0 Å². The smallest absolute Gasteiger partial charge is 0.408 e. The Bertz CT molecular complexity index is 1930. The molecule has 52 heavy (non-hydrogen) atoms. The number of hydrogen-bond acceptors (Lipinski definition) is 11. The number of hydrogen-bond donors (Lipinski definition) is 2. The standard InChI is InChI=1S/C38H50N8O5S/c1-37(2,3)13-12-25(47)10-11-30(41-36(49)51-38(4,5)6)35(48)46-16-14-44(15-17-46)24-26-22-31-32(52-26)34(45-18-20-50-21-19-45)42-33(40-31)27-8-7-9-29-28(27)23-39-43-29/h7-9,12-13,22-23,30H,10-11,14-21,24H2,1-6H3,(H,39,43)(H,41,49). The fourth-order valence-electron chi connectivity index (χ4n) is 6.30. The third-order valence-corrected chi connectivity index (χ3v) is 10.0. The molecule has 3 aromatic heterocycles. The number of allylic oxidation sites excluding steroid dienone is 2. The van der Waals surface area contributed by atoms with Gasteiger partial charge >= 0.3 is 6.09 Å². The zero-order chi connectivity index (χ0) is 37.0. The highest BCUT2D eigenvalue weighted by Gasteiger charge is 2.31. The number of fused-ring (bicyclic) bond motifs is 2. The maximum absolute atomic E-state index is 13.8. The highest BCUT2D eigenvalue weighted by Crippen LogP contribution is 2.36. The van der Waals surface area contributed by atoms with Gasteiger partial charge < -0.3 is 24.6 Å². The molecule has 6 rings (SSSR count). The lowest BCUT2D eigenvalue weighted by Crippen LogP contribution is -2.55. The zero-order valence-electron chi connectivity index (χ0n) is 31.0. The van der Waals surface area contributed by atoms with Crippen LogP contribution in [0.3, 0.4) is 0 Å². The van der Waals surface area contributed by atoms with Crippen molar-refractivity contribution in [3.05, 3.63) is 47.5 Å². The molecule has 1 aromatic carbocycles. The van der Waals surface area contributed by atoms with E-state index in [0.717, 1.165) is 45.6 Å². The van der Waals surface area contributed by atoms with Gasteiger partial charge in [0.2, 0.25) is 5.91 Å². The number of piperazine rings is 1. The predicted molar refractivity (Wildman–Crippen MR) is 203 cm³/mol. The molecule has 1 unspecified atom stereocenters. The molecule has 14 heteroatoms. The summed E-state index contributed by atoms with van der Waals surface area (Å²) >= 11 is 1.71. The fourth-order valence-corrected chi connectivity index (χ4v) is 7.46. The summed E-state index contributed by atoms with van der Waals surface area (Å²) in [6.45, 7) is 17.3. The van der Waals surface area contributed by atoms with Crippen molar-refractivity contribution < 1.29 is 23.9 Å². The predicted octanol–water partition coefficient (Wildman–Crippen LogP) is 5.56. The minimum Gasteiger partial charge on any atom is -0.444 e. The molecule has 4 aromatic rings. The third-order valence-electron chi connectivity index (χ3n) is 8.94. The second-order valence-corrected chi connectivity index (χ2v) is 16.7. The van der Waals surface area contributed by atoms with Gasteiger partial charge in [0.05, 0.1) is 35.1 Å². The van der Waals surface area contributed by atoms with E-state index in [1.165, 1.54) is 4.88 Å². The summed E-state index contributed by atoms with van der Waals surface area (Å²) in [5, 5.41) is 11.0. The molecule has 1 atom stereocenters. The molecule has 0 saturated carbocycles. The molecular weight excluding hydrogens is 681 g/mol. The van der Waals surface area contributed by atoms with E-state index in [1.807, 2.05) is 51.2 Å². The van der Waals surface area contributed by atoms with Crippen molar-refractivity contribution in [1.29, 1.82) is 0 Å². The molecule has 2 saturated heterocycles. The second-order valence-electron chi connectivity index (χ2n) is 15.5. The molecule has 0 radical (unpaired) electrons. The summed E-state index contributed by atoms with van der Waals surface area (Å²) in [5.74, 6) is 1.30. The summed E-state index contributed by atoms with van der Waals surface area (Å²) < 4.78 is 12.2. The summed E-state index contributed by atoms with van der Waals surface area (Å²) in [6.07, 6.45) is 4.90. The number of benzene rings is 1. The van der Waals surface area contributed by atoms with Crippen LogP contribution in [0.5, 0.6) is 0 Å². The largest absolute Gasteiger partial charge is 0.444 e. The van der Waals surface area contributed by atoms with Gasteiger partial charge in [-0.25, -0.2) is 14.8 Å². The Morgan fingerprint density at radius 3 is 2.50 bits per heavy atom. The monoisotopic (exact) mass is 730 g/mol. The van der Waals surface area contributed by atoms with Crippen LogP contribution in [0.1, 0.15) is 59.3 Å². The van der Waals surface area contributed by atoms with Crippen LogP contribution >= 0.6 is 11.3 Å². The minimum absolute atomic E-state index is 0.0843. The van der Waals surface area contributed by atoms with Crippen LogP contribution in [-0.4, -0.2) is 112 Å². The quantitative estimate of drug-likeness (QED) is 0.199. The number of nitrogens with one attached hydrogen (secondary N) is 2. The molecule has 0 aliphatic carbocycles. The van der Waals surface area contributed by atoms with Crippen molar-refractivity contribution in [1.82, 2.24) is 35.3 Å². The van der Waals surface area contributed by atoms with E-state index < -0.39 is 17.7 Å². The van der Waals surface area contributed by atoms with Crippen LogP contribution < -0.4 is 10.2 Å². The van der Waals surface area contributed by atoms with Crippen LogP contribution in [0.4, 0.5) is 10.6 Å². The maximum Gasteiger partial charge on any atom is 0.408 e. The lowest BCUT2D eigenvalue weighted by atomic mass is 9.95. The molecule has 5 heterocycles. The average Bonchev–Trinajstić information content (AvgIpc) is 3.75. The number of carbonyl (C=O) groups is 3. The summed E-state index contributed by atoms with van der Waals surface area (Å²) in [7, 11) is 0. The molecular formula is C38H50N8O5S. The number of carbonyl (C=O) groups excluding carboxylic acids is 3. The van der Waals surface area contributed by atoms with E-state index in [2.05, 4.69) is 31.4 Å². The van der Waals surface area contributed by atoms with Crippen molar-refractivity contribution in [2.45, 2.75) is 72.6 Å². The van der Waals surface area contributed by atoms with Gasteiger partial charge in [0.25, 0.3) is 0 Å². The highest BCUT2D eigenvalue weighted by atomic mass is 32.1. The van der Waals surface area contributed by atoms with E-state index in [1.54, 1.807) is 43.1 Å². The van der Waals surface area contributed by atoms with Crippen molar-refractivity contribution in [2.75, 3.05) is 57.4 Å². The molecule has 13 nitrogen and oxygen atoms in total. The normalized spacial score (nSPS) is 16.9. The first-order valence-electron chi connectivity index (χ1n) is 18.0. The van der Waals surface area contributed by atoms with Crippen LogP contribution in [0, 0.1) is 5.41 Å². The van der Waals surface area contributed by atoms with E-state index in [-0.39, 0.29) is 29.9 Å². The number of thiophene rings is 1. The first-order chi connectivity index (χ1) is 24.7. The average molecular weight is 731 g/mol. The molecule has 278 valence electrons. The lowest BCUT2D eigenvalue weighted by Gasteiger charge is -2.36. The Hall–Kier alpha value is -4.40. The summed E-state index contributed by atoms with van der Waals surface area (Å²) in [5.41, 5.74) is 1.92. The van der Waals surface area contributed by atoms with Gasteiger partial charge in [0, 0.05) is 68.1 Å². The van der Waals surface area contributed by atoms with Crippen LogP contribution in [-0.2, 0) is 25.6 Å². The maximum atomic E-state index is 13.8. The first-order valence-corrected chi connectivity index (χ1v) is 18.8. The second kappa shape index (κ2) is 15.7. The van der Waals surface area contributed by atoms with Crippen LogP contribution in [0.25, 0.3) is 32.5 Å². The Labute approximate surface area is 308 Å². The third kappa shape index (κ3) is 9.52. The van der Waals surface area contributed by atoms with E-state index in [4.69, 9.17) is 19.4 Å². The van der Waals surface area contributed by atoms with E-state index in [9.17, 15) is 14.4 Å². The van der Waals surface area contributed by atoms with Gasteiger partial charge in [0.1, 0.15) is 11.6 Å². The Kier molecular flexibility index (Phi) is 11.3. The fraction of sp³-hybridized carbons (Fsp3) is 0.526. The number of ether oxygens (including phenoxy) is 2. The topological polar surface area (TPSA) is 146 Å². The lowest BCUT2D eigenvalue weighted by molar-refractivity contribution is -0.135. The number of amides is 2. The van der Waals surface area contributed by atoms with E-state index in [0.29, 0.717) is 51.8 Å². The van der Waals surface area contributed by atoms with Gasteiger partial charge in [-0.2, -0.15) is 5.10 Å². The van der Waals surface area contributed by atoms with E-state index >= 15 is 0 Å². The number of anilines is 1. The summed E-state index contributed by atoms with van der Waals surface area (Å²) in [4.78, 5) is 56.9. The van der Waals surface area contributed by atoms with Gasteiger partial charge in [0.15, 0.2) is 17.4 Å². The number of aromatic nitrogens is 4. The molecule has 2 amide bonds. The number of H-pyrrole nitrogens is 1. The van der Waals surface area contributed by atoms with Crippen molar-refractivity contribution in [3.8, 4) is 11.4 Å². The van der Waals surface area contributed by atoms with Crippen LogP contribution in [0.15, 0.2) is 42.6 Å². The van der Waals surface area contributed by atoms with Gasteiger partial charge in [-0.05, 0) is 50.8 Å². The molecule has 2 aliphatic heterocycles. The molecule has 2 N–H and O–H groups in total. The Balaban J connectivity index is 1.15. The number of ketones is 1. The number of alkyl carbamates (subject to hydrolysis) is 1. The van der Waals surface area contributed by atoms with Crippen LogP contribution in [0.2, 0.25) is 0 Å². The Morgan fingerprint density at radius 1 is 1.04 bits per heavy atom. The number of morpholine rings is 1. The minimum atomic E-state index is -0.866.